The van der Waals surface area contributed by atoms with Gasteiger partial charge in [-0.1, -0.05) is 49.4 Å². The largest absolute Gasteiger partial charge is 0.335 e. The summed E-state index contributed by atoms with van der Waals surface area (Å²) in [5.74, 6) is 0.101. The maximum absolute atomic E-state index is 13.4. The summed E-state index contributed by atoms with van der Waals surface area (Å²) in [7, 11) is 0. The van der Waals surface area contributed by atoms with Gasteiger partial charge >= 0.3 is 0 Å². The third-order valence-corrected chi connectivity index (χ3v) is 5.06. The van der Waals surface area contributed by atoms with Gasteiger partial charge in [0.1, 0.15) is 0 Å². The van der Waals surface area contributed by atoms with E-state index in [9.17, 15) is 4.79 Å². The van der Waals surface area contributed by atoms with E-state index >= 15 is 0 Å². The molecule has 0 bridgehead atoms. The monoisotopic (exact) mass is 330 g/mol. The summed E-state index contributed by atoms with van der Waals surface area (Å²) in [5.41, 5.74) is 4.25. The molecule has 126 valence electrons. The molecular weight excluding hydrogens is 308 g/mol. The van der Waals surface area contributed by atoms with Gasteiger partial charge in [-0.05, 0) is 42.5 Å². The van der Waals surface area contributed by atoms with Crippen molar-refractivity contribution in [2.75, 3.05) is 6.54 Å². The number of fused-ring (bicyclic) bond motifs is 2. The maximum Gasteiger partial charge on any atom is 0.256 e. The number of amides is 1. The summed E-state index contributed by atoms with van der Waals surface area (Å²) in [6, 6.07) is 18.6. The van der Waals surface area contributed by atoms with Crippen LogP contribution in [0, 0.1) is 0 Å². The molecule has 2 aromatic carbocycles. The van der Waals surface area contributed by atoms with E-state index in [0.717, 1.165) is 36.7 Å². The standard InChI is InChI=1S/C22H22N2O/c1-2-13-24(19-14-17-7-3-4-8-18(17)15-19)22(25)20-11-5-9-16-10-6-12-23-21(16)20/h3-12,19H,2,13-15H2,1H3. The first kappa shape index (κ1) is 15.8. The maximum atomic E-state index is 13.4. The van der Waals surface area contributed by atoms with E-state index in [2.05, 4.69) is 41.1 Å². The van der Waals surface area contributed by atoms with Crippen molar-refractivity contribution in [1.29, 1.82) is 0 Å². The number of hydrogen-bond acceptors (Lipinski definition) is 2. The van der Waals surface area contributed by atoms with Gasteiger partial charge in [0.05, 0.1) is 11.1 Å². The Balaban J connectivity index is 1.68. The molecule has 4 rings (SSSR count). The van der Waals surface area contributed by atoms with Crippen LogP contribution in [-0.4, -0.2) is 28.4 Å². The Morgan fingerprint density at radius 3 is 2.48 bits per heavy atom. The number of aromatic nitrogens is 1. The van der Waals surface area contributed by atoms with Crippen LogP contribution in [0.2, 0.25) is 0 Å². The van der Waals surface area contributed by atoms with Crippen LogP contribution in [0.3, 0.4) is 0 Å². The van der Waals surface area contributed by atoms with Crippen molar-refractivity contribution >= 4 is 16.8 Å². The number of rotatable bonds is 4. The van der Waals surface area contributed by atoms with Crippen LogP contribution in [0.15, 0.2) is 60.8 Å². The second-order valence-electron chi connectivity index (χ2n) is 6.71. The summed E-state index contributed by atoms with van der Waals surface area (Å²) in [5, 5.41) is 1.01. The van der Waals surface area contributed by atoms with E-state index in [1.807, 2.05) is 30.3 Å². The molecule has 3 aromatic rings. The minimum Gasteiger partial charge on any atom is -0.335 e. The van der Waals surface area contributed by atoms with E-state index in [1.165, 1.54) is 11.1 Å². The van der Waals surface area contributed by atoms with Crippen LogP contribution in [0.1, 0.15) is 34.8 Å². The average molecular weight is 330 g/mol. The molecule has 25 heavy (non-hydrogen) atoms. The molecular formula is C22H22N2O. The van der Waals surface area contributed by atoms with Gasteiger partial charge in [0.25, 0.3) is 5.91 Å². The molecule has 0 radical (unpaired) electrons. The van der Waals surface area contributed by atoms with Gasteiger partial charge in [-0.3, -0.25) is 9.78 Å². The summed E-state index contributed by atoms with van der Waals surface area (Å²) in [4.78, 5) is 19.9. The summed E-state index contributed by atoms with van der Waals surface area (Å²) >= 11 is 0. The molecule has 3 nitrogen and oxygen atoms in total. The van der Waals surface area contributed by atoms with Gasteiger partial charge in [-0.2, -0.15) is 0 Å². The Bertz CT molecular complexity index is 888. The number of benzene rings is 2. The molecule has 0 saturated heterocycles. The molecule has 1 amide bonds. The highest BCUT2D eigenvalue weighted by atomic mass is 16.2. The first-order chi connectivity index (χ1) is 12.3. The van der Waals surface area contributed by atoms with Gasteiger partial charge < -0.3 is 4.90 Å². The highest BCUT2D eigenvalue weighted by Gasteiger charge is 2.30. The lowest BCUT2D eigenvalue weighted by Gasteiger charge is -2.29. The van der Waals surface area contributed by atoms with Crippen LogP contribution >= 0.6 is 0 Å². The predicted octanol–water partition coefficient (Wildman–Crippen LogP) is 4.25. The van der Waals surface area contributed by atoms with Crippen LogP contribution in [0.5, 0.6) is 0 Å². The molecule has 0 spiro atoms. The molecule has 0 atom stereocenters. The SMILES string of the molecule is CCCN(C(=O)c1cccc2cccnc12)C1Cc2ccccc2C1. The number of carbonyl (C=O) groups excluding carboxylic acids is 1. The Morgan fingerprint density at radius 2 is 1.76 bits per heavy atom. The molecule has 1 aromatic heterocycles. The van der Waals surface area contributed by atoms with Crippen molar-refractivity contribution < 1.29 is 4.79 Å². The lowest BCUT2D eigenvalue weighted by molar-refractivity contribution is 0.0686. The van der Waals surface area contributed by atoms with E-state index in [1.54, 1.807) is 6.20 Å². The number of para-hydroxylation sites is 1. The molecule has 0 aliphatic heterocycles. The van der Waals surface area contributed by atoms with Gasteiger partial charge in [0.2, 0.25) is 0 Å². The van der Waals surface area contributed by atoms with E-state index < -0.39 is 0 Å². The fourth-order valence-electron chi connectivity index (χ4n) is 3.88. The van der Waals surface area contributed by atoms with E-state index in [4.69, 9.17) is 0 Å². The number of carbonyl (C=O) groups is 1. The Morgan fingerprint density at radius 1 is 1.04 bits per heavy atom. The van der Waals surface area contributed by atoms with E-state index in [-0.39, 0.29) is 11.9 Å². The van der Waals surface area contributed by atoms with Gasteiger partial charge in [0.15, 0.2) is 0 Å². The highest BCUT2D eigenvalue weighted by molar-refractivity contribution is 6.05. The third-order valence-electron chi connectivity index (χ3n) is 5.06. The second-order valence-corrected chi connectivity index (χ2v) is 6.71. The first-order valence-corrected chi connectivity index (χ1v) is 8.99. The molecule has 0 unspecified atom stereocenters. The second kappa shape index (κ2) is 6.67. The normalized spacial score (nSPS) is 13.8. The summed E-state index contributed by atoms with van der Waals surface area (Å²) in [6.07, 6.45) is 4.60. The van der Waals surface area contributed by atoms with Crippen molar-refractivity contribution in [2.45, 2.75) is 32.2 Å². The van der Waals surface area contributed by atoms with Crippen molar-refractivity contribution in [3.63, 3.8) is 0 Å². The van der Waals surface area contributed by atoms with E-state index in [0.29, 0.717) is 5.56 Å². The van der Waals surface area contributed by atoms with Crippen LogP contribution < -0.4 is 0 Å². The summed E-state index contributed by atoms with van der Waals surface area (Å²) < 4.78 is 0. The minimum atomic E-state index is 0.101. The molecule has 1 aliphatic rings. The molecule has 0 N–H and O–H groups in total. The van der Waals surface area contributed by atoms with Crippen molar-refractivity contribution in [2.24, 2.45) is 0 Å². The quantitative estimate of drug-likeness (QED) is 0.716. The smallest absolute Gasteiger partial charge is 0.256 e. The molecule has 3 heteroatoms. The zero-order valence-corrected chi connectivity index (χ0v) is 14.5. The lowest BCUT2D eigenvalue weighted by Crippen LogP contribution is -2.41. The van der Waals surface area contributed by atoms with Crippen LogP contribution in [-0.2, 0) is 12.8 Å². The zero-order chi connectivity index (χ0) is 17.2. The van der Waals surface area contributed by atoms with Crippen molar-refractivity contribution in [1.82, 2.24) is 9.88 Å². The van der Waals surface area contributed by atoms with Crippen molar-refractivity contribution in [3.05, 3.63) is 77.5 Å². The Labute approximate surface area is 148 Å². The van der Waals surface area contributed by atoms with Crippen LogP contribution in [0.25, 0.3) is 10.9 Å². The molecule has 0 fully saturated rings. The van der Waals surface area contributed by atoms with Gasteiger partial charge in [-0.15, -0.1) is 0 Å². The topological polar surface area (TPSA) is 33.2 Å². The lowest BCUT2D eigenvalue weighted by atomic mass is 10.1. The molecule has 0 saturated carbocycles. The van der Waals surface area contributed by atoms with Crippen molar-refractivity contribution in [3.8, 4) is 0 Å². The number of pyridine rings is 1. The van der Waals surface area contributed by atoms with Gasteiger partial charge in [0, 0.05) is 24.2 Å². The summed E-state index contributed by atoms with van der Waals surface area (Å²) in [6.45, 7) is 2.91. The molecule has 1 aliphatic carbocycles. The Hall–Kier alpha value is -2.68. The first-order valence-electron chi connectivity index (χ1n) is 8.99. The zero-order valence-electron chi connectivity index (χ0n) is 14.5. The number of hydrogen-bond donors (Lipinski definition) is 0. The predicted molar refractivity (Wildman–Crippen MR) is 101 cm³/mol. The number of nitrogens with zero attached hydrogens (tertiary/aromatic N) is 2. The fourth-order valence-corrected chi connectivity index (χ4v) is 3.88. The third kappa shape index (κ3) is 2.91. The van der Waals surface area contributed by atoms with Gasteiger partial charge in [-0.25, -0.2) is 0 Å². The average Bonchev–Trinajstić information content (AvgIpc) is 3.09. The Kier molecular flexibility index (Phi) is 4.22. The fraction of sp³-hybridized carbons (Fsp3) is 0.273. The highest BCUT2D eigenvalue weighted by Crippen LogP contribution is 2.27. The molecule has 1 heterocycles. The minimum absolute atomic E-state index is 0.101. The van der Waals surface area contributed by atoms with Crippen LogP contribution in [0.4, 0.5) is 0 Å².